The molecule has 0 amide bonds. The molecule has 0 radical (unpaired) electrons. The molecule has 0 aliphatic carbocycles. The van der Waals surface area contributed by atoms with Gasteiger partial charge in [0.1, 0.15) is 0 Å². The van der Waals surface area contributed by atoms with Crippen molar-refractivity contribution in [3.8, 4) is 0 Å². The third kappa shape index (κ3) is 3.77. The Balaban J connectivity index is 2.37. The van der Waals surface area contributed by atoms with Crippen molar-refractivity contribution in [1.29, 1.82) is 0 Å². The summed E-state index contributed by atoms with van der Waals surface area (Å²) in [5, 5.41) is 12.4. The molecule has 1 unspecified atom stereocenters. The zero-order chi connectivity index (χ0) is 15.5. The number of nitrogens with one attached hydrogen (secondary N) is 1. The zero-order valence-corrected chi connectivity index (χ0v) is 12.4. The molecule has 0 saturated heterocycles. The zero-order valence-electron chi connectivity index (χ0n) is 10.9. The molecule has 112 valence electrons. The van der Waals surface area contributed by atoms with Gasteiger partial charge in [0.05, 0.1) is 18.2 Å². The molecule has 0 aromatic heterocycles. The topological polar surface area (TPSA) is 32.3 Å². The molecule has 2 aromatic carbocycles. The summed E-state index contributed by atoms with van der Waals surface area (Å²) in [5.74, 6) is 0. The second-order valence-electron chi connectivity index (χ2n) is 4.44. The lowest BCUT2D eigenvalue weighted by atomic mass is 10.00. The highest BCUT2D eigenvalue weighted by molar-refractivity contribution is 9.10. The second-order valence-corrected chi connectivity index (χ2v) is 5.30. The lowest BCUT2D eigenvalue weighted by Crippen LogP contribution is -2.20. The van der Waals surface area contributed by atoms with Crippen molar-refractivity contribution in [3.05, 3.63) is 64.1 Å². The summed E-state index contributed by atoms with van der Waals surface area (Å²) in [6.07, 6.45) is -4.46. The molecule has 2 nitrogen and oxygen atoms in total. The van der Waals surface area contributed by atoms with E-state index in [1.807, 2.05) is 0 Å². The minimum atomic E-state index is -4.46. The molecule has 2 aromatic rings. The minimum Gasteiger partial charge on any atom is -0.394 e. The molecule has 2 rings (SSSR count). The van der Waals surface area contributed by atoms with E-state index in [2.05, 4.69) is 21.2 Å². The number of para-hydroxylation sites is 1. The number of anilines is 1. The van der Waals surface area contributed by atoms with E-state index in [1.165, 1.54) is 18.2 Å². The van der Waals surface area contributed by atoms with Crippen LogP contribution in [0.2, 0.25) is 0 Å². The number of aliphatic hydroxyl groups is 1. The van der Waals surface area contributed by atoms with Gasteiger partial charge < -0.3 is 10.4 Å². The lowest BCUT2D eigenvalue weighted by Gasteiger charge is -2.22. The van der Waals surface area contributed by atoms with Crippen LogP contribution in [0.4, 0.5) is 18.9 Å². The number of alkyl halides is 3. The number of rotatable bonds is 4. The van der Waals surface area contributed by atoms with Crippen molar-refractivity contribution in [3.63, 3.8) is 0 Å². The van der Waals surface area contributed by atoms with E-state index in [-0.39, 0.29) is 5.56 Å². The van der Waals surface area contributed by atoms with Gasteiger partial charge in [-0.3, -0.25) is 0 Å². The van der Waals surface area contributed by atoms with Crippen molar-refractivity contribution in [2.75, 3.05) is 11.9 Å². The molecule has 6 heteroatoms. The SMILES string of the molecule is OCC(Nc1ccccc1Br)c1ccccc1C(F)(F)F. The fourth-order valence-corrected chi connectivity index (χ4v) is 2.45. The first-order valence-electron chi connectivity index (χ1n) is 6.21. The molecule has 21 heavy (non-hydrogen) atoms. The highest BCUT2D eigenvalue weighted by Gasteiger charge is 2.34. The highest BCUT2D eigenvalue weighted by Crippen LogP contribution is 2.36. The molecule has 0 aliphatic rings. The highest BCUT2D eigenvalue weighted by atomic mass is 79.9. The van der Waals surface area contributed by atoms with Gasteiger partial charge in [-0.15, -0.1) is 0 Å². The second kappa shape index (κ2) is 6.49. The average Bonchev–Trinajstić information content (AvgIpc) is 2.45. The number of halogens is 4. The summed E-state index contributed by atoms with van der Waals surface area (Å²) in [6, 6.07) is 11.4. The van der Waals surface area contributed by atoms with Crippen LogP contribution in [0.15, 0.2) is 53.0 Å². The summed E-state index contributed by atoms with van der Waals surface area (Å²) in [5.41, 5.74) is -0.111. The summed E-state index contributed by atoms with van der Waals surface area (Å²) >= 11 is 3.32. The van der Waals surface area contributed by atoms with Crippen molar-refractivity contribution in [1.82, 2.24) is 0 Å². The Labute approximate surface area is 128 Å². The Morgan fingerprint density at radius 3 is 2.29 bits per heavy atom. The molecule has 0 spiro atoms. The van der Waals surface area contributed by atoms with E-state index in [0.717, 1.165) is 6.07 Å². The standard InChI is InChI=1S/C15H13BrF3NO/c16-12-7-3-4-8-13(12)20-14(9-21)10-5-1-2-6-11(10)15(17,18)19/h1-8,14,20-21H,9H2. The third-order valence-corrected chi connectivity index (χ3v) is 3.72. The van der Waals surface area contributed by atoms with E-state index in [1.54, 1.807) is 24.3 Å². The first-order valence-corrected chi connectivity index (χ1v) is 7.01. The van der Waals surface area contributed by atoms with Crippen molar-refractivity contribution < 1.29 is 18.3 Å². The first-order chi connectivity index (χ1) is 9.93. The molecular weight excluding hydrogens is 347 g/mol. The quantitative estimate of drug-likeness (QED) is 0.835. The number of hydrogen-bond donors (Lipinski definition) is 2. The summed E-state index contributed by atoms with van der Waals surface area (Å²) in [6.45, 7) is -0.450. The van der Waals surface area contributed by atoms with Gasteiger partial charge in [0, 0.05) is 10.2 Å². The van der Waals surface area contributed by atoms with Gasteiger partial charge >= 0.3 is 6.18 Å². The van der Waals surface area contributed by atoms with E-state index in [4.69, 9.17) is 0 Å². The van der Waals surface area contributed by atoms with Gasteiger partial charge in [0.25, 0.3) is 0 Å². The van der Waals surface area contributed by atoms with Crippen LogP contribution in [0, 0.1) is 0 Å². The van der Waals surface area contributed by atoms with Crippen LogP contribution in [0.5, 0.6) is 0 Å². The van der Waals surface area contributed by atoms with Crippen LogP contribution in [-0.2, 0) is 6.18 Å². The molecule has 0 saturated carbocycles. The molecule has 0 fully saturated rings. The molecular formula is C15H13BrF3NO. The van der Waals surface area contributed by atoms with Crippen LogP contribution in [-0.4, -0.2) is 11.7 Å². The Morgan fingerprint density at radius 2 is 1.67 bits per heavy atom. The monoisotopic (exact) mass is 359 g/mol. The van der Waals surface area contributed by atoms with Crippen molar-refractivity contribution >= 4 is 21.6 Å². The Hall–Kier alpha value is -1.53. The van der Waals surface area contributed by atoms with Crippen molar-refractivity contribution in [2.45, 2.75) is 12.2 Å². The summed E-state index contributed by atoms with van der Waals surface area (Å²) < 4.78 is 39.8. The van der Waals surface area contributed by atoms with E-state index >= 15 is 0 Å². The maximum atomic E-state index is 13.0. The van der Waals surface area contributed by atoms with Gasteiger partial charge in [-0.05, 0) is 39.7 Å². The molecule has 0 bridgehead atoms. The van der Waals surface area contributed by atoms with E-state index < -0.39 is 24.4 Å². The maximum Gasteiger partial charge on any atom is 0.416 e. The van der Waals surface area contributed by atoms with Crippen LogP contribution in [0.1, 0.15) is 17.2 Å². The van der Waals surface area contributed by atoms with Crippen LogP contribution in [0.3, 0.4) is 0 Å². The Bertz CT molecular complexity index is 616. The lowest BCUT2D eigenvalue weighted by molar-refractivity contribution is -0.138. The summed E-state index contributed by atoms with van der Waals surface area (Å²) in [7, 11) is 0. The summed E-state index contributed by atoms with van der Waals surface area (Å²) in [4.78, 5) is 0. The van der Waals surface area contributed by atoms with Crippen LogP contribution < -0.4 is 5.32 Å². The van der Waals surface area contributed by atoms with Crippen LogP contribution >= 0.6 is 15.9 Å². The predicted molar refractivity (Wildman–Crippen MR) is 79.0 cm³/mol. The van der Waals surface area contributed by atoms with Crippen molar-refractivity contribution in [2.24, 2.45) is 0 Å². The fourth-order valence-electron chi connectivity index (χ4n) is 2.05. The third-order valence-electron chi connectivity index (χ3n) is 3.03. The maximum absolute atomic E-state index is 13.0. The largest absolute Gasteiger partial charge is 0.416 e. The van der Waals surface area contributed by atoms with Crippen LogP contribution in [0.25, 0.3) is 0 Å². The Morgan fingerprint density at radius 1 is 1.05 bits per heavy atom. The molecule has 2 N–H and O–H groups in total. The first kappa shape index (κ1) is 15.9. The van der Waals surface area contributed by atoms with Gasteiger partial charge in [-0.2, -0.15) is 13.2 Å². The fraction of sp³-hybridized carbons (Fsp3) is 0.200. The van der Waals surface area contributed by atoms with E-state index in [9.17, 15) is 18.3 Å². The van der Waals surface area contributed by atoms with Gasteiger partial charge in [0.15, 0.2) is 0 Å². The number of benzene rings is 2. The predicted octanol–water partition coefficient (Wildman–Crippen LogP) is 4.61. The molecule has 0 heterocycles. The minimum absolute atomic E-state index is 0.0169. The van der Waals surface area contributed by atoms with Gasteiger partial charge in [-0.25, -0.2) is 0 Å². The smallest absolute Gasteiger partial charge is 0.394 e. The van der Waals surface area contributed by atoms with E-state index in [0.29, 0.717) is 10.2 Å². The number of aliphatic hydroxyl groups excluding tert-OH is 1. The molecule has 0 aliphatic heterocycles. The van der Waals surface area contributed by atoms with Gasteiger partial charge in [-0.1, -0.05) is 30.3 Å². The average molecular weight is 360 g/mol. The van der Waals surface area contributed by atoms with Gasteiger partial charge in [0.2, 0.25) is 0 Å². The molecule has 1 atom stereocenters. The Kier molecular flexibility index (Phi) is 4.90. The normalized spacial score (nSPS) is 13.0. The number of hydrogen-bond acceptors (Lipinski definition) is 2.